The number of anilines is 1. The Bertz CT molecular complexity index is 1060. The summed E-state index contributed by atoms with van der Waals surface area (Å²) in [5.41, 5.74) is 1.90. The largest absolute Gasteiger partial charge is 0.469 e. The molecule has 28 heavy (non-hydrogen) atoms. The molecule has 4 rings (SSSR count). The van der Waals surface area contributed by atoms with E-state index in [2.05, 4.69) is 20.6 Å². The highest BCUT2D eigenvalue weighted by molar-refractivity contribution is 5.89. The van der Waals surface area contributed by atoms with Gasteiger partial charge in [-0.25, -0.2) is 0 Å². The maximum Gasteiger partial charge on any atom is 0.251 e. The number of carbonyl (C=O) groups is 1. The molecule has 0 radical (unpaired) electrons. The average molecular weight is 377 g/mol. The molecule has 0 saturated heterocycles. The molecule has 0 aliphatic carbocycles. The maximum atomic E-state index is 12.2. The summed E-state index contributed by atoms with van der Waals surface area (Å²) in [7, 11) is 0. The summed E-state index contributed by atoms with van der Waals surface area (Å²) in [6, 6.07) is 13.5. The maximum absolute atomic E-state index is 12.2. The normalized spacial score (nSPS) is 10.9. The van der Waals surface area contributed by atoms with E-state index in [1.807, 2.05) is 43.5 Å². The van der Waals surface area contributed by atoms with Crippen molar-refractivity contribution in [2.24, 2.45) is 0 Å². The van der Waals surface area contributed by atoms with Crippen LogP contribution in [0.25, 0.3) is 11.5 Å². The van der Waals surface area contributed by atoms with Crippen LogP contribution in [0.2, 0.25) is 0 Å². The molecule has 0 saturated carbocycles. The van der Waals surface area contributed by atoms with E-state index in [-0.39, 0.29) is 12.3 Å². The van der Waals surface area contributed by atoms with E-state index in [4.69, 9.17) is 8.83 Å². The topological polar surface area (TPSA) is 99.0 Å². The van der Waals surface area contributed by atoms with E-state index in [9.17, 15) is 4.79 Å². The van der Waals surface area contributed by atoms with E-state index in [1.165, 1.54) is 0 Å². The zero-order valence-electron chi connectivity index (χ0n) is 15.3. The molecule has 0 aliphatic heterocycles. The van der Waals surface area contributed by atoms with Crippen LogP contribution in [0.4, 0.5) is 5.82 Å². The number of aromatic nitrogens is 4. The molecule has 142 valence electrons. The molecule has 0 aliphatic rings. The van der Waals surface area contributed by atoms with Crippen LogP contribution in [0.15, 0.2) is 63.8 Å². The average Bonchev–Trinajstić information content (AvgIpc) is 3.42. The van der Waals surface area contributed by atoms with Crippen molar-refractivity contribution in [1.82, 2.24) is 20.0 Å². The number of rotatable bonds is 7. The van der Waals surface area contributed by atoms with Gasteiger partial charge in [0, 0.05) is 25.1 Å². The van der Waals surface area contributed by atoms with Crippen molar-refractivity contribution in [3.8, 4) is 11.5 Å². The van der Waals surface area contributed by atoms with E-state index in [1.54, 1.807) is 23.1 Å². The summed E-state index contributed by atoms with van der Waals surface area (Å²) < 4.78 is 12.6. The van der Waals surface area contributed by atoms with Gasteiger partial charge in [-0.05, 0) is 18.6 Å². The summed E-state index contributed by atoms with van der Waals surface area (Å²) in [6.07, 6.45) is 3.97. The summed E-state index contributed by atoms with van der Waals surface area (Å²) in [6.45, 7) is 2.47. The monoisotopic (exact) mass is 377 g/mol. The van der Waals surface area contributed by atoms with Gasteiger partial charge in [-0.2, -0.15) is 5.10 Å². The van der Waals surface area contributed by atoms with Crippen molar-refractivity contribution < 1.29 is 13.6 Å². The van der Waals surface area contributed by atoms with Crippen LogP contribution < -0.4 is 5.32 Å². The number of hydrogen-bond donors (Lipinski definition) is 1. The van der Waals surface area contributed by atoms with Crippen LogP contribution in [0.5, 0.6) is 0 Å². The Hall–Kier alpha value is -3.68. The number of hydrogen-bond acceptors (Lipinski definition) is 6. The third kappa shape index (κ3) is 4.17. The summed E-state index contributed by atoms with van der Waals surface area (Å²) in [4.78, 5) is 12.2. The van der Waals surface area contributed by atoms with Gasteiger partial charge in [-0.1, -0.05) is 30.3 Å². The van der Waals surface area contributed by atoms with Gasteiger partial charge in [0.2, 0.25) is 11.8 Å². The summed E-state index contributed by atoms with van der Waals surface area (Å²) >= 11 is 0. The molecule has 8 heteroatoms. The molecule has 3 heterocycles. The minimum Gasteiger partial charge on any atom is -0.469 e. The molecular weight excluding hydrogens is 358 g/mol. The number of amides is 1. The first kappa shape index (κ1) is 17.7. The highest BCUT2D eigenvalue weighted by Crippen LogP contribution is 2.23. The Balaban J connectivity index is 1.29. The van der Waals surface area contributed by atoms with Crippen LogP contribution in [-0.4, -0.2) is 25.9 Å². The van der Waals surface area contributed by atoms with Crippen LogP contribution >= 0.6 is 0 Å². The summed E-state index contributed by atoms with van der Waals surface area (Å²) in [5.74, 6) is 1.85. The number of nitrogens with zero attached hydrogens (tertiary/aromatic N) is 4. The van der Waals surface area contributed by atoms with Gasteiger partial charge in [0.1, 0.15) is 5.76 Å². The van der Waals surface area contributed by atoms with Gasteiger partial charge < -0.3 is 14.2 Å². The van der Waals surface area contributed by atoms with Crippen molar-refractivity contribution in [2.75, 3.05) is 5.32 Å². The van der Waals surface area contributed by atoms with Crippen molar-refractivity contribution in [1.29, 1.82) is 0 Å². The number of carbonyl (C=O) groups excluding carboxylic acids is 1. The fourth-order valence-corrected chi connectivity index (χ4v) is 2.78. The first-order valence-corrected chi connectivity index (χ1v) is 8.91. The van der Waals surface area contributed by atoms with Gasteiger partial charge in [-0.3, -0.25) is 9.48 Å². The lowest BCUT2D eigenvalue weighted by Crippen LogP contribution is -2.13. The van der Waals surface area contributed by atoms with Gasteiger partial charge in [-0.15, -0.1) is 10.2 Å². The number of aryl methyl sites for hydroxylation is 2. The molecule has 0 bridgehead atoms. The van der Waals surface area contributed by atoms with Crippen LogP contribution in [0.1, 0.15) is 23.6 Å². The standard InChI is InChI=1S/C20H19N5O3/c1-14-16(10-12-27-14)20-23-22-19(28-20)8-7-18(26)21-17-9-11-25(24-17)13-15-5-3-2-4-6-15/h2-6,9-12H,7-8,13H2,1H3,(H,21,24,26). The predicted molar refractivity (Wildman–Crippen MR) is 101 cm³/mol. The molecular formula is C20H19N5O3. The highest BCUT2D eigenvalue weighted by Gasteiger charge is 2.14. The molecule has 3 aromatic heterocycles. The molecule has 1 amide bonds. The Morgan fingerprint density at radius 3 is 2.79 bits per heavy atom. The van der Waals surface area contributed by atoms with Gasteiger partial charge in [0.25, 0.3) is 5.89 Å². The van der Waals surface area contributed by atoms with Gasteiger partial charge in [0.05, 0.1) is 18.4 Å². The van der Waals surface area contributed by atoms with Crippen molar-refractivity contribution in [3.63, 3.8) is 0 Å². The smallest absolute Gasteiger partial charge is 0.251 e. The SMILES string of the molecule is Cc1occc1-c1nnc(CCC(=O)Nc2ccn(Cc3ccccc3)n2)o1. The minimum atomic E-state index is -0.163. The molecule has 1 aromatic carbocycles. The number of nitrogens with one attached hydrogen (secondary N) is 1. The fraction of sp³-hybridized carbons (Fsp3) is 0.200. The Labute approximate surface area is 161 Å². The molecule has 0 unspecified atom stereocenters. The number of benzene rings is 1. The molecule has 0 atom stereocenters. The molecule has 1 N–H and O–H groups in total. The van der Waals surface area contributed by atoms with Crippen molar-refractivity contribution in [3.05, 3.63) is 72.1 Å². The zero-order valence-corrected chi connectivity index (χ0v) is 15.3. The molecule has 4 aromatic rings. The lowest BCUT2D eigenvalue weighted by Gasteiger charge is -2.02. The van der Waals surface area contributed by atoms with Crippen molar-refractivity contribution in [2.45, 2.75) is 26.3 Å². The Morgan fingerprint density at radius 2 is 2.00 bits per heavy atom. The predicted octanol–water partition coefficient (Wildman–Crippen LogP) is 3.45. The Morgan fingerprint density at radius 1 is 1.14 bits per heavy atom. The lowest BCUT2D eigenvalue weighted by molar-refractivity contribution is -0.116. The van der Waals surface area contributed by atoms with Crippen molar-refractivity contribution >= 4 is 11.7 Å². The van der Waals surface area contributed by atoms with E-state index in [0.717, 1.165) is 11.1 Å². The second-order valence-electron chi connectivity index (χ2n) is 6.32. The third-order valence-electron chi connectivity index (χ3n) is 4.22. The fourth-order valence-electron chi connectivity index (χ4n) is 2.78. The number of furan rings is 1. The van der Waals surface area contributed by atoms with Crippen LogP contribution in [0, 0.1) is 6.92 Å². The Kier molecular flexibility index (Phi) is 5.01. The van der Waals surface area contributed by atoms with Gasteiger partial charge in [0.15, 0.2) is 5.82 Å². The molecule has 0 spiro atoms. The quantitative estimate of drug-likeness (QED) is 0.529. The third-order valence-corrected chi connectivity index (χ3v) is 4.22. The van der Waals surface area contributed by atoms with Crippen LogP contribution in [-0.2, 0) is 17.8 Å². The first-order chi connectivity index (χ1) is 13.7. The van der Waals surface area contributed by atoms with Gasteiger partial charge >= 0.3 is 0 Å². The summed E-state index contributed by atoms with van der Waals surface area (Å²) in [5, 5.41) is 15.1. The second-order valence-corrected chi connectivity index (χ2v) is 6.32. The van der Waals surface area contributed by atoms with Crippen LogP contribution in [0.3, 0.4) is 0 Å². The van der Waals surface area contributed by atoms with E-state index in [0.29, 0.717) is 36.3 Å². The van der Waals surface area contributed by atoms with E-state index >= 15 is 0 Å². The lowest BCUT2D eigenvalue weighted by atomic mass is 10.2. The second kappa shape index (κ2) is 7.91. The van der Waals surface area contributed by atoms with E-state index < -0.39 is 0 Å². The molecule has 8 nitrogen and oxygen atoms in total. The highest BCUT2D eigenvalue weighted by atomic mass is 16.4. The zero-order chi connectivity index (χ0) is 19.3. The molecule has 0 fully saturated rings. The first-order valence-electron chi connectivity index (χ1n) is 8.91. The minimum absolute atomic E-state index is 0.163.